The smallest absolute Gasteiger partial charge is 0.326 e. The van der Waals surface area contributed by atoms with Gasteiger partial charge in [-0.15, -0.1) is 0 Å². The van der Waals surface area contributed by atoms with E-state index in [1.54, 1.807) is 12.4 Å². The first-order chi connectivity index (χ1) is 22.7. The highest BCUT2D eigenvalue weighted by atomic mass is 16.4. The van der Waals surface area contributed by atoms with Gasteiger partial charge in [-0.1, -0.05) is 42.8 Å². The number of unbranched alkanes of at least 4 members (excludes halogenated alkanes) is 2. The number of fused-ring (bicyclic) bond motifs is 2. The van der Waals surface area contributed by atoms with Crippen molar-refractivity contribution < 1.29 is 24.3 Å². The summed E-state index contributed by atoms with van der Waals surface area (Å²) in [6.07, 6.45) is 6.83. The fourth-order valence-corrected chi connectivity index (χ4v) is 5.67. The Hall–Kier alpha value is -4.72. The minimum atomic E-state index is -1.18. The predicted octanol–water partition coefficient (Wildman–Crippen LogP) is 1.56. The second-order valence-corrected chi connectivity index (χ2v) is 11.8. The summed E-state index contributed by atoms with van der Waals surface area (Å²) in [4.78, 5) is 59.4. The van der Waals surface area contributed by atoms with Gasteiger partial charge in [0.15, 0.2) is 0 Å². The van der Waals surface area contributed by atoms with Gasteiger partial charge >= 0.3 is 5.97 Å². The van der Waals surface area contributed by atoms with Crippen molar-refractivity contribution in [2.45, 2.75) is 75.5 Å². The van der Waals surface area contributed by atoms with E-state index in [-0.39, 0.29) is 19.3 Å². The van der Waals surface area contributed by atoms with E-state index in [9.17, 15) is 24.3 Å². The molecule has 13 nitrogen and oxygen atoms in total. The Balaban J connectivity index is 1.61. The van der Waals surface area contributed by atoms with Crippen molar-refractivity contribution in [2.24, 2.45) is 17.2 Å². The van der Waals surface area contributed by atoms with E-state index in [1.165, 1.54) is 0 Å². The molecule has 12 N–H and O–H groups in total. The number of carbonyl (C=O) groups excluding carboxylic acids is 3. The molecule has 0 aliphatic rings. The first-order valence-corrected chi connectivity index (χ1v) is 16.1. The molecular weight excluding hydrogens is 600 g/mol. The van der Waals surface area contributed by atoms with Gasteiger partial charge in [-0.3, -0.25) is 14.4 Å². The highest BCUT2D eigenvalue weighted by Gasteiger charge is 2.31. The van der Waals surface area contributed by atoms with Crippen LogP contribution in [0.5, 0.6) is 0 Å². The van der Waals surface area contributed by atoms with E-state index < -0.39 is 47.9 Å². The summed E-state index contributed by atoms with van der Waals surface area (Å²) < 4.78 is 0. The van der Waals surface area contributed by atoms with E-state index in [0.717, 1.165) is 32.9 Å². The number of benzene rings is 2. The quantitative estimate of drug-likeness (QED) is 0.0677. The lowest BCUT2D eigenvalue weighted by Gasteiger charge is -2.25. The summed E-state index contributed by atoms with van der Waals surface area (Å²) in [6, 6.07) is 10.9. The van der Waals surface area contributed by atoms with Crippen LogP contribution in [0.3, 0.4) is 0 Å². The molecule has 2 heterocycles. The van der Waals surface area contributed by atoms with Crippen LogP contribution in [0.2, 0.25) is 0 Å². The second-order valence-electron chi connectivity index (χ2n) is 11.8. The Labute approximate surface area is 273 Å². The number of para-hydroxylation sites is 2. The molecule has 2 aromatic carbocycles. The summed E-state index contributed by atoms with van der Waals surface area (Å²) in [7, 11) is 0. The zero-order chi connectivity index (χ0) is 33.8. The molecule has 0 radical (unpaired) electrons. The molecule has 0 saturated heterocycles. The summed E-state index contributed by atoms with van der Waals surface area (Å²) in [5.41, 5.74) is 20.6. The molecule has 0 fully saturated rings. The van der Waals surface area contributed by atoms with Crippen LogP contribution < -0.4 is 33.2 Å². The number of nitrogens with one attached hydrogen (secondary N) is 5. The van der Waals surface area contributed by atoms with Gasteiger partial charge in [0.2, 0.25) is 17.7 Å². The average molecular weight is 647 g/mol. The number of aliphatic carboxylic acids is 1. The van der Waals surface area contributed by atoms with Gasteiger partial charge in [0.1, 0.15) is 18.1 Å². The molecule has 0 aliphatic heterocycles. The van der Waals surface area contributed by atoms with Gasteiger partial charge in [-0.2, -0.15) is 0 Å². The van der Waals surface area contributed by atoms with Gasteiger partial charge in [-0.05, 0) is 68.5 Å². The minimum Gasteiger partial charge on any atom is -0.480 e. The highest BCUT2D eigenvalue weighted by molar-refractivity contribution is 5.95. The molecule has 4 aromatic rings. The molecule has 252 valence electrons. The third-order valence-electron chi connectivity index (χ3n) is 8.33. The molecule has 2 aromatic heterocycles. The largest absolute Gasteiger partial charge is 0.480 e. The summed E-state index contributed by atoms with van der Waals surface area (Å²) >= 11 is 0. The van der Waals surface area contributed by atoms with Crippen molar-refractivity contribution >= 4 is 45.5 Å². The molecule has 4 unspecified atom stereocenters. The number of aromatic nitrogens is 2. The van der Waals surface area contributed by atoms with Crippen LogP contribution in [-0.4, -0.2) is 76.0 Å². The molecule has 0 aliphatic carbocycles. The van der Waals surface area contributed by atoms with E-state index in [0.29, 0.717) is 45.2 Å². The number of aromatic amines is 2. The number of rotatable bonds is 19. The zero-order valence-corrected chi connectivity index (χ0v) is 26.5. The Morgan fingerprint density at radius 2 is 1.09 bits per heavy atom. The Kier molecular flexibility index (Phi) is 12.9. The average Bonchev–Trinajstić information content (AvgIpc) is 3.67. The fourth-order valence-electron chi connectivity index (χ4n) is 5.67. The lowest BCUT2D eigenvalue weighted by Crippen LogP contribution is -2.58. The number of hydrogen-bond acceptors (Lipinski definition) is 7. The van der Waals surface area contributed by atoms with Crippen molar-refractivity contribution in [1.82, 2.24) is 25.9 Å². The maximum Gasteiger partial charge on any atom is 0.326 e. The number of nitrogens with two attached hydrogens (primary N) is 3. The minimum absolute atomic E-state index is 0.0725. The van der Waals surface area contributed by atoms with Crippen LogP contribution in [0, 0.1) is 0 Å². The molecular formula is C34H46N8O5. The lowest BCUT2D eigenvalue weighted by atomic mass is 10.0. The van der Waals surface area contributed by atoms with Crippen LogP contribution >= 0.6 is 0 Å². The van der Waals surface area contributed by atoms with E-state index in [2.05, 4.69) is 25.9 Å². The zero-order valence-electron chi connectivity index (χ0n) is 26.5. The van der Waals surface area contributed by atoms with Crippen molar-refractivity contribution in [3.05, 3.63) is 72.1 Å². The van der Waals surface area contributed by atoms with Gasteiger partial charge in [-0.25, -0.2) is 4.79 Å². The third-order valence-corrected chi connectivity index (χ3v) is 8.33. The fraction of sp³-hybridized carbons (Fsp3) is 0.412. The third kappa shape index (κ3) is 9.64. The molecule has 0 bridgehead atoms. The van der Waals surface area contributed by atoms with E-state index >= 15 is 0 Å². The summed E-state index contributed by atoms with van der Waals surface area (Å²) in [6.45, 7) is 0.884. The second kappa shape index (κ2) is 17.3. The monoisotopic (exact) mass is 646 g/mol. The molecule has 13 heteroatoms. The molecule has 3 amide bonds. The standard InChI is InChI=1S/C34H46N8O5/c35-15-7-5-11-25(37)31(43)41-29(17-21-19-38-26-12-3-1-9-23(21)26)33(45)42-30(18-22-20-39-27-13-4-2-10-24(22)27)32(44)40-28(34(46)47)14-6-8-16-36/h1-4,9-10,12-13,19-20,25,28-30,38-39H,5-8,11,14-18,35-37H2,(H,40,44)(H,41,43)(H,42,45)(H,46,47). The molecule has 47 heavy (non-hydrogen) atoms. The number of carboxylic acid groups (broad SMARTS) is 1. The van der Waals surface area contributed by atoms with Gasteiger partial charge in [0, 0.05) is 47.0 Å². The lowest BCUT2D eigenvalue weighted by molar-refractivity contribution is -0.142. The topological polar surface area (TPSA) is 234 Å². The van der Waals surface area contributed by atoms with Crippen LogP contribution in [0.25, 0.3) is 21.8 Å². The Morgan fingerprint density at radius 1 is 0.638 bits per heavy atom. The van der Waals surface area contributed by atoms with Crippen LogP contribution in [0.1, 0.15) is 49.7 Å². The highest BCUT2D eigenvalue weighted by Crippen LogP contribution is 2.21. The Morgan fingerprint density at radius 3 is 1.57 bits per heavy atom. The van der Waals surface area contributed by atoms with E-state index in [1.807, 2.05) is 48.5 Å². The number of carboxylic acids is 1. The first-order valence-electron chi connectivity index (χ1n) is 16.1. The van der Waals surface area contributed by atoms with Crippen LogP contribution in [-0.2, 0) is 32.0 Å². The van der Waals surface area contributed by atoms with Crippen molar-refractivity contribution in [3.63, 3.8) is 0 Å². The number of hydrogen-bond donors (Lipinski definition) is 9. The summed E-state index contributed by atoms with van der Waals surface area (Å²) in [5, 5.41) is 19.8. The molecule has 0 saturated carbocycles. The first kappa shape index (κ1) is 35.1. The summed E-state index contributed by atoms with van der Waals surface area (Å²) in [5.74, 6) is -2.93. The van der Waals surface area contributed by atoms with Crippen LogP contribution in [0.15, 0.2) is 60.9 Å². The van der Waals surface area contributed by atoms with E-state index in [4.69, 9.17) is 17.2 Å². The number of amides is 3. The van der Waals surface area contributed by atoms with Gasteiger partial charge in [0.25, 0.3) is 0 Å². The van der Waals surface area contributed by atoms with Crippen LogP contribution in [0.4, 0.5) is 0 Å². The van der Waals surface area contributed by atoms with Gasteiger partial charge in [0.05, 0.1) is 6.04 Å². The molecule has 4 rings (SSSR count). The SMILES string of the molecule is NCCCCC(N)C(=O)NC(Cc1c[nH]c2ccccc12)C(=O)NC(Cc1c[nH]c2ccccc12)C(=O)NC(CCCCN)C(=O)O. The number of H-pyrrole nitrogens is 2. The predicted molar refractivity (Wildman–Crippen MR) is 181 cm³/mol. The molecule has 4 atom stereocenters. The number of carbonyl (C=O) groups is 4. The maximum atomic E-state index is 14.1. The Bertz CT molecular complexity index is 1650. The van der Waals surface area contributed by atoms with Crippen molar-refractivity contribution in [3.8, 4) is 0 Å². The van der Waals surface area contributed by atoms with Crippen molar-refractivity contribution in [2.75, 3.05) is 13.1 Å². The van der Waals surface area contributed by atoms with Gasteiger partial charge < -0.3 is 48.2 Å². The molecule has 0 spiro atoms. The normalized spacial score (nSPS) is 13.9. The maximum absolute atomic E-state index is 14.1. The van der Waals surface area contributed by atoms with Crippen molar-refractivity contribution in [1.29, 1.82) is 0 Å².